The molecule has 1 rings (SSSR count). The Kier molecular flexibility index (Phi) is 1.91. The molecule has 1 aromatic heterocycles. The van der Waals surface area contributed by atoms with Crippen LogP contribution in [-0.2, 0) is 0 Å². The van der Waals surface area contributed by atoms with Gasteiger partial charge in [0, 0.05) is 6.20 Å². The first-order valence-electron chi connectivity index (χ1n) is 2.81. The number of aromatic carboxylic acids is 1. The molecule has 0 radical (unpaired) electrons. The maximum Gasteiger partial charge on any atom is 0.337 e. The fourth-order valence-corrected chi connectivity index (χ4v) is 0.579. The zero-order valence-electron chi connectivity index (χ0n) is 5.48. The molecule has 5 heteroatoms. The Bertz CT molecular complexity index is 280. The normalized spacial score (nSPS) is 9.09. The van der Waals surface area contributed by atoms with Crippen LogP contribution in [-0.4, -0.2) is 16.1 Å². The molecule has 0 unspecified atom stereocenters. The van der Waals surface area contributed by atoms with Crippen LogP contribution in [0.15, 0.2) is 23.4 Å². The van der Waals surface area contributed by atoms with Crippen molar-refractivity contribution < 1.29 is 9.90 Å². The van der Waals surface area contributed by atoms with Crippen LogP contribution in [0.3, 0.4) is 0 Å². The molecule has 0 aliphatic rings. The number of hydrogen-bond acceptors (Lipinski definition) is 4. The summed E-state index contributed by atoms with van der Waals surface area (Å²) in [7, 11) is 0. The van der Waals surface area contributed by atoms with Gasteiger partial charge in [-0.15, -0.1) is 5.11 Å². The van der Waals surface area contributed by atoms with E-state index in [1.807, 2.05) is 0 Å². The Morgan fingerprint density at radius 2 is 2.36 bits per heavy atom. The third kappa shape index (κ3) is 1.57. The summed E-state index contributed by atoms with van der Waals surface area (Å²) in [6.45, 7) is 0. The van der Waals surface area contributed by atoms with Gasteiger partial charge in [0.05, 0.1) is 5.56 Å². The van der Waals surface area contributed by atoms with Crippen molar-refractivity contribution in [3.05, 3.63) is 23.9 Å². The standard InChI is InChI=1S/C6H5N3O2/c7-9-5-2-1-4(3-8-5)6(10)11/h1-3,7H,(H,10,11). The van der Waals surface area contributed by atoms with Gasteiger partial charge in [0.15, 0.2) is 5.82 Å². The van der Waals surface area contributed by atoms with E-state index in [0.29, 0.717) is 0 Å². The van der Waals surface area contributed by atoms with Crippen LogP contribution < -0.4 is 0 Å². The lowest BCUT2D eigenvalue weighted by molar-refractivity contribution is 0.0696. The maximum absolute atomic E-state index is 10.3. The van der Waals surface area contributed by atoms with E-state index in [-0.39, 0.29) is 11.4 Å². The molecule has 0 saturated carbocycles. The van der Waals surface area contributed by atoms with Crippen LogP contribution in [0, 0.1) is 5.53 Å². The number of carboxylic acids is 1. The minimum atomic E-state index is -1.03. The zero-order valence-corrected chi connectivity index (χ0v) is 5.48. The third-order valence-corrected chi connectivity index (χ3v) is 1.11. The second kappa shape index (κ2) is 2.87. The lowest BCUT2D eigenvalue weighted by Crippen LogP contribution is -1.95. The monoisotopic (exact) mass is 151 g/mol. The number of carbonyl (C=O) groups is 1. The van der Waals surface area contributed by atoms with Crippen LogP contribution >= 0.6 is 0 Å². The highest BCUT2D eigenvalue weighted by Gasteiger charge is 2.01. The number of nitrogens with one attached hydrogen (secondary N) is 1. The molecule has 1 heterocycles. The van der Waals surface area contributed by atoms with Crippen molar-refractivity contribution in [1.82, 2.24) is 4.98 Å². The molecule has 0 atom stereocenters. The Morgan fingerprint density at radius 3 is 2.73 bits per heavy atom. The van der Waals surface area contributed by atoms with Gasteiger partial charge >= 0.3 is 5.97 Å². The summed E-state index contributed by atoms with van der Waals surface area (Å²) in [5.74, 6) is -0.830. The van der Waals surface area contributed by atoms with E-state index < -0.39 is 5.97 Å². The van der Waals surface area contributed by atoms with Gasteiger partial charge in [0.2, 0.25) is 0 Å². The molecule has 1 aromatic rings. The summed E-state index contributed by atoms with van der Waals surface area (Å²) < 4.78 is 0. The molecule has 0 amide bonds. The molecule has 0 saturated heterocycles. The van der Waals surface area contributed by atoms with Gasteiger partial charge in [-0.25, -0.2) is 15.3 Å². The number of pyridine rings is 1. The topological polar surface area (TPSA) is 86.4 Å². The molecule has 0 spiro atoms. The number of rotatable bonds is 2. The van der Waals surface area contributed by atoms with Gasteiger partial charge in [-0.1, -0.05) is 0 Å². The average Bonchev–Trinajstić information content (AvgIpc) is 2.05. The van der Waals surface area contributed by atoms with Crippen LogP contribution in [0.4, 0.5) is 5.82 Å². The van der Waals surface area contributed by atoms with E-state index in [0.717, 1.165) is 6.20 Å². The first-order valence-corrected chi connectivity index (χ1v) is 2.81. The van der Waals surface area contributed by atoms with Gasteiger partial charge in [-0.05, 0) is 12.1 Å². The van der Waals surface area contributed by atoms with Gasteiger partial charge in [0.25, 0.3) is 0 Å². The van der Waals surface area contributed by atoms with Crippen molar-refractivity contribution >= 4 is 11.8 Å². The minimum Gasteiger partial charge on any atom is -0.478 e. The van der Waals surface area contributed by atoms with Gasteiger partial charge in [-0.3, -0.25) is 0 Å². The molecule has 56 valence electrons. The van der Waals surface area contributed by atoms with E-state index in [4.69, 9.17) is 10.6 Å². The summed E-state index contributed by atoms with van der Waals surface area (Å²) in [6, 6.07) is 2.72. The van der Waals surface area contributed by atoms with Crippen molar-refractivity contribution in [3.63, 3.8) is 0 Å². The molecule has 0 aromatic carbocycles. The number of aromatic nitrogens is 1. The fourth-order valence-electron chi connectivity index (χ4n) is 0.579. The van der Waals surface area contributed by atoms with Crippen LogP contribution in [0.1, 0.15) is 10.4 Å². The SMILES string of the molecule is N=Nc1ccc(C(=O)O)cn1. The highest BCUT2D eigenvalue weighted by Crippen LogP contribution is 2.06. The zero-order chi connectivity index (χ0) is 8.27. The van der Waals surface area contributed by atoms with E-state index in [1.54, 1.807) is 0 Å². The van der Waals surface area contributed by atoms with Crippen LogP contribution in [0.5, 0.6) is 0 Å². The third-order valence-electron chi connectivity index (χ3n) is 1.11. The smallest absolute Gasteiger partial charge is 0.337 e. The molecular weight excluding hydrogens is 146 g/mol. The second-order valence-corrected chi connectivity index (χ2v) is 1.82. The number of carboxylic acid groups (broad SMARTS) is 1. The second-order valence-electron chi connectivity index (χ2n) is 1.82. The summed E-state index contributed by atoms with van der Waals surface area (Å²) in [4.78, 5) is 13.9. The predicted molar refractivity (Wildman–Crippen MR) is 36.0 cm³/mol. The summed E-state index contributed by atoms with van der Waals surface area (Å²) in [5, 5.41) is 11.4. The van der Waals surface area contributed by atoms with Crippen molar-refractivity contribution in [2.24, 2.45) is 5.11 Å². The first kappa shape index (κ1) is 7.33. The maximum atomic E-state index is 10.3. The Hall–Kier alpha value is -1.78. The summed E-state index contributed by atoms with van der Waals surface area (Å²) in [5.41, 5.74) is 6.63. The van der Waals surface area contributed by atoms with Crippen molar-refractivity contribution in [1.29, 1.82) is 5.53 Å². The average molecular weight is 151 g/mol. The number of nitrogens with zero attached hydrogens (tertiary/aromatic N) is 2. The summed E-state index contributed by atoms with van der Waals surface area (Å²) >= 11 is 0. The van der Waals surface area contributed by atoms with Crippen molar-refractivity contribution in [2.75, 3.05) is 0 Å². The van der Waals surface area contributed by atoms with Gasteiger partial charge < -0.3 is 5.11 Å². The molecular formula is C6H5N3O2. The van der Waals surface area contributed by atoms with Crippen LogP contribution in [0.25, 0.3) is 0 Å². The Morgan fingerprint density at radius 1 is 1.64 bits per heavy atom. The summed E-state index contributed by atoms with van der Waals surface area (Å²) in [6.07, 6.45) is 1.16. The first-order chi connectivity index (χ1) is 5.24. The Balaban J connectivity index is 3.00. The molecule has 0 aliphatic heterocycles. The van der Waals surface area contributed by atoms with Gasteiger partial charge in [0.1, 0.15) is 0 Å². The molecule has 0 bridgehead atoms. The quantitative estimate of drug-likeness (QED) is 0.627. The lowest BCUT2D eigenvalue weighted by Gasteiger charge is -1.91. The highest BCUT2D eigenvalue weighted by atomic mass is 16.4. The Labute approximate surface area is 62.2 Å². The molecule has 5 nitrogen and oxygen atoms in total. The van der Waals surface area contributed by atoms with E-state index in [1.165, 1.54) is 12.1 Å². The lowest BCUT2D eigenvalue weighted by atomic mass is 10.3. The van der Waals surface area contributed by atoms with Gasteiger partial charge in [-0.2, -0.15) is 0 Å². The van der Waals surface area contributed by atoms with E-state index >= 15 is 0 Å². The van der Waals surface area contributed by atoms with Crippen molar-refractivity contribution in [2.45, 2.75) is 0 Å². The minimum absolute atomic E-state index is 0.0948. The largest absolute Gasteiger partial charge is 0.478 e. The highest BCUT2D eigenvalue weighted by molar-refractivity contribution is 5.87. The molecule has 0 fully saturated rings. The van der Waals surface area contributed by atoms with Crippen LogP contribution in [0.2, 0.25) is 0 Å². The van der Waals surface area contributed by atoms with E-state index in [2.05, 4.69) is 10.1 Å². The van der Waals surface area contributed by atoms with Crippen molar-refractivity contribution in [3.8, 4) is 0 Å². The molecule has 11 heavy (non-hydrogen) atoms. The number of hydrogen-bond donors (Lipinski definition) is 2. The fraction of sp³-hybridized carbons (Fsp3) is 0. The molecule has 0 aliphatic carbocycles. The predicted octanol–water partition coefficient (Wildman–Crippen LogP) is 1.44. The van der Waals surface area contributed by atoms with E-state index in [9.17, 15) is 4.79 Å². The molecule has 2 N–H and O–H groups in total.